The molecule has 1 aromatic rings. The van der Waals surface area contributed by atoms with Crippen molar-refractivity contribution in [2.24, 2.45) is 11.8 Å². The van der Waals surface area contributed by atoms with Crippen molar-refractivity contribution in [1.29, 1.82) is 0 Å². The predicted octanol–water partition coefficient (Wildman–Crippen LogP) is -0.527. The van der Waals surface area contributed by atoms with E-state index < -0.39 is 8.77 Å². The van der Waals surface area contributed by atoms with Gasteiger partial charge < -0.3 is 14.3 Å². The summed E-state index contributed by atoms with van der Waals surface area (Å²) in [5, 5.41) is 10.3. The second-order valence-corrected chi connectivity index (χ2v) is 8.99. The summed E-state index contributed by atoms with van der Waals surface area (Å²) in [7, 11) is -1.83. The Balaban J connectivity index is 0.00000576. The molecule has 0 bridgehead atoms. The first-order chi connectivity index (χ1) is 11.3. The summed E-state index contributed by atoms with van der Waals surface area (Å²) < 4.78 is 20.1. The number of carbonyl (C=O) groups excluding carboxylic acids is 1. The van der Waals surface area contributed by atoms with Crippen LogP contribution >= 0.6 is 0 Å². The van der Waals surface area contributed by atoms with Gasteiger partial charge in [-0.05, 0) is 35.8 Å². The van der Waals surface area contributed by atoms with Crippen molar-refractivity contribution in [3.05, 3.63) is 35.4 Å². The Hall–Kier alpha value is -0.0200. The normalized spacial score (nSPS) is 16.8. The Morgan fingerprint density at radius 2 is 1.80 bits per heavy atom. The first kappa shape index (κ1) is 25.0. The number of esters is 1. The Labute approximate surface area is 177 Å². The quantitative estimate of drug-likeness (QED) is 0.242. The van der Waals surface area contributed by atoms with E-state index in [4.69, 9.17) is 4.74 Å². The number of hydrogen-bond donors (Lipinski definition) is 0. The molecule has 4 atom stereocenters. The van der Waals surface area contributed by atoms with Crippen LogP contribution in [0.3, 0.4) is 0 Å². The van der Waals surface area contributed by atoms with Gasteiger partial charge >= 0.3 is 35.5 Å². The molecule has 0 aliphatic rings. The fourth-order valence-corrected chi connectivity index (χ4v) is 4.24. The monoisotopic (exact) mass is 396 g/mol. The van der Waals surface area contributed by atoms with E-state index in [1.54, 1.807) is 12.1 Å². The number of carbonyl (C=O) groups is 1. The summed E-state index contributed by atoms with van der Waals surface area (Å²) >= 11 is 4.61. The number of hydrogen-bond acceptors (Lipinski definition) is 6. The minimum atomic E-state index is -3.24. The van der Waals surface area contributed by atoms with Crippen LogP contribution in [0, 0.1) is 11.8 Å². The van der Waals surface area contributed by atoms with E-state index in [1.807, 2.05) is 19.1 Å². The van der Waals surface area contributed by atoms with Crippen LogP contribution in [-0.2, 0) is 39.6 Å². The molecule has 136 valence electrons. The minimum absolute atomic E-state index is 0. The Morgan fingerprint density at radius 1 is 1.24 bits per heavy atom. The second kappa shape index (κ2) is 11.6. The molecule has 0 amide bonds. The second-order valence-electron chi connectivity index (χ2n) is 5.92. The molecule has 5 nitrogen and oxygen atoms in total. The number of rotatable bonds is 9. The fourth-order valence-electron chi connectivity index (χ4n) is 3.19. The maximum absolute atomic E-state index is 12.0. The van der Waals surface area contributed by atoms with E-state index in [2.05, 4.69) is 29.4 Å². The van der Waals surface area contributed by atoms with Crippen LogP contribution in [-0.4, -0.2) is 17.3 Å². The summed E-state index contributed by atoms with van der Waals surface area (Å²) in [5.41, 5.74) is 1.78. The van der Waals surface area contributed by atoms with E-state index in [0.29, 0.717) is 5.56 Å². The maximum Gasteiger partial charge on any atom is 1.00 e. The van der Waals surface area contributed by atoms with E-state index in [1.165, 1.54) is 7.11 Å². The molecule has 0 aromatic heterocycles. The molecule has 8 heteroatoms. The van der Waals surface area contributed by atoms with Gasteiger partial charge in [0.1, 0.15) is 8.77 Å². The molecule has 0 radical (unpaired) electrons. The van der Waals surface area contributed by atoms with Gasteiger partial charge in [0.05, 0.1) is 18.8 Å². The van der Waals surface area contributed by atoms with Crippen molar-refractivity contribution in [1.82, 2.24) is 0 Å². The van der Waals surface area contributed by atoms with Crippen molar-refractivity contribution in [3.8, 4) is 0 Å². The van der Waals surface area contributed by atoms with Gasteiger partial charge in [0.2, 0.25) is 0 Å². The molecule has 1 aromatic carbocycles. The third kappa shape index (κ3) is 7.25. The minimum Gasteiger partial charge on any atom is -0.709 e. The summed E-state index contributed by atoms with van der Waals surface area (Å²) in [5.74, 6) is -0.0883. The first-order valence-corrected chi connectivity index (χ1v) is 10.6. The smallest absolute Gasteiger partial charge is 0.709 e. The number of methoxy groups -OCH3 is 1. The van der Waals surface area contributed by atoms with Gasteiger partial charge in [-0.1, -0.05) is 45.0 Å². The third-order valence-corrected chi connectivity index (χ3v) is 5.92. The molecule has 1 rings (SSSR count). The molecule has 0 aliphatic heterocycles. The van der Waals surface area contributed by atoms with E-state index in [-0.39, 0.29) is 59.0 Å². The Kier molecular flexibility index (Phi) is 11.6. The predicted molar refractivity (Wildman–Crippen MR) is 94.7 cm³/mol. The fraction of sp³-hybridized carbons (Fsp3) is 0.588. The van der Waals surface area contributed by atoms with Gasteiger partial charge in [0, 0.05) is 11.2 Å². The molecule has 0 saturated carbocycles. The van der Waals surface area contributed by atoms with Gasteiger partial charge in [-0.25, -0.2) is 4.21 Å². The third-order valence-electron chi connectivity index (χ3n) is 4.51. The van der Waals surface area contributed by atoms with Crippen molar-refractivity contribution < 1.29 is 52.9 Å². The first-order valence-electron chi connectivity index (χ1n) is 8.00. The van der Waals surface area contributed by atoms with Gasteiger partial charge in [-0.2, -0.15) is 0 Å². The van der Waals surface area contributed by atoms with Crippen molar-refractivity contribution in [2.45, 2.75) is 45.3 Å². The maximum atomic E-state index is 12.0. The van der Waals surface area contributed by atoms with Crippen molar-refractivity contribution >= 4 is 25.9 Å². The molecule has 0 N–H and O–H groups in total. The van der Waals surface area contributed by atoms with Crippen LogP contribution in [0.2, 0.25) is 0 Å². The van der Waals surface area contributed by atoms with Crippen LogP contribution in [0.1, 0.15) is 50.7 Å². The van der Waals surface area contributed by atoms with Gasteiger partial charge in [0.15, 0.2) is 0 Å². The Morgan fingerprint density at radius 3 is 2.20 bits per heavy atom. The topological polar surface area (TPSA) is 75.7 Å². The summed E-state index contributed by atoms with van der Waals surface area (Å²) in [6, 6.07) is 7.46. The van der Waals surface area contributed by atoms with Crippen LogP contribution < -0.4 is 34.8 Å². The Bertz CT molecular complexity index is 631. The number of ether oxygens (including phenoxy) is 1. The summed E-state index contributed by atoms with van der Waals surface area (Å²) in [6.07, 6.45) is 1.61. The van der Waals surface area contributed by atoms with Gasteiger partial charge in [0.25, 0.3) is 0 Å². The van der Waals surface area contributed by atoms with Crippen molar-refractivity contribution in [3.63, 3.8) is 0 Å². The SMILES string of the molecule is CCC(C(=O)OC)C(C)C(CC)c1ccc(CS(=O)(=S)O[O-])cc1.[Na+]. The molecule has 0 aliphatic carbocycles. The molecule has 4 unspecified atom stereocenters. The summed E-state index contributed by atoms with van der Waals surface area (Å²) in [6.45, 7) is 6.13. The van der Waals surface area contributed by atoms with Crippen LogP contribution in [0.15, 0.2) is 24.3 Å². The van der Waals surface area contributed by atoms with Crippen LogP contribution in [0.5, 0.6) is 0 Å². The average molecular weight is 397 g/mol. The molecular weight excluding hydrogens is 371 g/mol. The van der Waals surface area contributed by atoms with Gasteiger partial charge in [-0.3, -0.25) is 4.79 Å². The van der Waals surface area contributed by atoms with E-state index in [9.17, 15) is 14.3 Å². The van der Waals surface area contributed by atoms with Crippen LogP contribution in [0.4, 0.5) is 0 Å². The molecule has 25 heavy (non-hydrogen) atoms. The van der Waals surface area contributed by atoms with Crippen molar-refractivity contribution in [2.75, 3.05) is 7.11 Å². The zero-order valence-corrected chi connectivity index (χ0v) is 19.2. The zero-order chi connectivity index (χ0) is 18.3. The largest absolute Gasteiger partial charge is 1.00 e. The standard InChI is InChI=1S/C17H26O5S2.Na/c1-5-15(12(3)16(6-2)17(18)21-4)14-9-7-13(8-10-14)11-24(20,23)22-19;/h7-10,12,15-16,19H,5-6,11H2,1-4H3;/q;+1/p-1. The zero-order valence-electron chi connectivity index (χ0n) is 15.5. The van der Waals surface area contributed by atoms with Gasteiger partial charge in [-0.15, -0.1) is 0 Å². The molecule has 0 fully saturated rings. The summed E-state index contributed by atoms with van der Waals surface area (Å²) in [4.78, 5) is 12.0. The molecular formula is C17H25NaO5S2. The average Bonchev–Trinajstić information content (AvgIpc) is 2.57. The van der Waals surface area contributed by atoms with Crippen LogP contribution in [0.25, 0.3) is 0 Å². The van der Waals surface area contributed by atoms with E-state index >= 15 is 0 Å². The van der Waals surface area contributed by atoms with E-state index in [0.717, 1.165) is 18.4 Å². The molecule has 0 spiro atoms. The molecule has 0 heterocycles. The number of benzene rings is 1. The molecule has 0 saturated heterocycles.